The van der Waals surface area contributed by atoms with Gasteiger partial charge in [0, 0.05) is 25.7 Å². The maximum atomic E-state index is 13.0. The van der Waals surface area contributed by atoms with Gasteiger partial charge in [0.25, 0.3) is 0 Å². The van der Waals surface area contributed by atoms with Crippen molar-refractivity contribution in [2.45, 2.75) is 50.9 Å². The zero-order chi connectivity index (χ0) is 16.0. The summed E-state index contributed by atoms with van der Waals surface area (Å²) in [6.07, 6.45) is 2.78. The van der Waals surface area contributed by atoms with Crippen LogP contribution in [0, 0.1) is 0 Å². The highest BCUT2D eigenvalue weighted by molar-refractivity contribution is 5.91. The molecule has 3 aliphatic heterocycles. The third-order valence-corrected chi connectivity index (χ3v) is 5.56. The lowest BCUT2D eigenvalue weighted by Gasteiger charge is -2.43. The van der Waals surface area contributed by atoms with E-state index in [-0.39, 0.29) is 42.3 Å². The highest BCUT2D eigenvalue weighted by atomic mass is 35.5. The molecule has 2 amide bonds. The van der Waals surface area contributed by atoms with Crippen LogP contribution in [0.15, 0.2) is 24.3 Å². The van der Waals surface area contributed by atoms with E-state index in [9.17, 15) is 9.59 Å². The van der Waals surface area contributed by atoms with Crippen LogP contribution >= 0.6 is 12.4 Å². The summed E-state index contributed by atoms with van der Waals surface area (Å²) >= 11 is 0. The van der Waals surface area contributed by atoms with Gasteiger partial charge in [0.1, 0.15) is 6.04 Å². The Balaban J connectivity index is 0.00000169. The topological polar surface area (TPSA) is 52.7 Å². The average Bonchev–Trinajstić information content (AvgIpc) is 3.06. The minimum absolute atomic E-state index is 0. The van der Waals surface area contributed by atoms with Crippen molar-refractivity contribution in [2.24, 2.45) is 0 Å². The van der Waals surface area contributed by atoms with Crippen LogP contribution in [0.5, 0.6) is 0 Å². The van der Waals surface area contributed by atoms with Gasteiger partial charge in [-0.15, -0.1) is 12.4 Å². The summed E-state index contributed by atoms with van der Waals surface area (Å²) in [6.45, 7) is 4.13. The van der Waals surface area contributed by atoms with Gasteiger partial charge in [-0.2, -0.15) is 0 Å². The number of nitrogens with zero attached hydrogens (tertiary/aromatic N) is 2. The first-order valence-corrected chi connectivity index (χ1v) is 8.56. The number of fused-ring (bicyclic) bond motifs is 2. The van der Waals surface area contributed by atoms with Gasteiger partial charge in [0.2, 0.25) is 11.8 Å². The molecule has 1 N–H and O–H groups in total. The zero-order valence-electron chi connectivity index (χ0n) is 13.9. The third-order valence-electron chi connectivity index (χ3n) is 5.56. The SMILES string of the molecule is C[C@@H]1C(=O)N2CCC[C@H]2CN1C(=O)[C@H]1Cc2ccccc2CN1.Cl. The predicted molar refractivity (Wildman–Crippen MR) is 93.9 cm³/mol. The van der Waals surface area contributed by atoms with Crippen molar-refractivity contribution in [1.29, 1.82) is 0 Å². The summed E-state index contributed by atoms with van der Waals surface area (Å²) in [5, 5.41) is 3.35. The predicted octanol–water partition coefficient (Wildman–Crippen LogP) is 1.34. The lowest BCUT2D eigenvalue weighted by Crippen LogP contribution is -2.63. The molecule has 1 aromatic rings. The van der Waals surface area contributed by atoms with E-state index >= 15 is 0 Å². The van der Waals surface area contributed by atoms with Crippen LogP contribution in [0.1, 0.15) is 30.9 Å². The molecule has 2 saturated heterocycles. The molecule has 3 aliphatic rings. The standard InChI is InChI=1S/C18H23N3O2.ClH/c1-12-17(22)20-8-4-7-15(20)11-21(12)18(23)16-9-13-5-2-3-6-14(13)10-19-16;/h2-3,5-6,12,15-16,19H,4,7-11H2,1H3;1H/t12-,15+,16-;/m1./s1. The quantitative estimate of drug-likeness (QED) is 0.832. The second-order valence-electron chi connectivity index (χ2n) is 6.90. The summed E-state index contributed by atoms with van der Waals surface area (Å²) in [6, 6.07) is 7.92. The molecule has 3 heterocycles. The number of piperazine rings is 1. The molecule has 0 radical (unpaired) electrons. The molecular formula is C18H24ClN3O2. The second-order valence-corrected chi connectivity index (χ2v) is 6.90. The summed E-state index contributed by atoms with van der Waals surface area (Å²) in [7, 11) is 0. The molecule has 0 saturated carbocycles. The summed E-state index contributed by atoms with van der Waals surface area (Å²) in [4.78, 5) is 29.3. The maximum absolute atomic E-state index is 13.0. The Morgan fingerprint density at radius 3 is 2.79 bits per heavy atom. The van der Waals surface area contributed by atoms with Gasteiger partial charge in [0.05, 0.1) is 6.04 Å². The summed E-state index contributed by atoms with van der Waals surface area (Å²) in [5.41, 5.74) is 2.50. The van der Waals surface area contributed by atoms with Crippen LogP contribution in [0.3, 0.4) is 0 Å². The van der Waals surface area contributed by atoms with E-state index in [1.165, 1.54) is 11.1 Å². The van der Waals surface area contributed by atoms with Gasteiger partial charge >= 0.3 is 0 Å². The number of hydrogen-bond donors (Lipinski definition) is 1. The van der Waals surface area contributed by atoms with Crippen LogP contribution in [0.2, 0.25) is 0 Å². The van der Waals surface area contributed by atoms with Gasteiger partial charge in [0.15, 0.2) is 0 Å². The molecule has 1 aromatic carbocycles. The van der Waals surface area contributed by atoms with Gasteiger partial charge in [-0.3, -0.25) is 9.59 Å². The van der Waals surface area contributed by atoms with Gasteiger partial charge in [-0.25, -0.2) is 0 Å². The first kappa shape index (κ1) is 17.2. The number of halogens is 1. The molecule has 0 aliphatic carbocycles. The number of nitrogens with one attached hydrogen (secondary N) is 1. The number of hydrogen-bond acceptors (Lipinski definition) is 3. The fourth-order valence-corrected chi connectivity index (χ4v) is 4.18. The van der Waals surface area contributed by atoms with E-state index in [4.69, 9.17) is 0 Å². The number of benzene rings is 1. The first-order chi connectivity index (χ1) is 11.1. The molecular weight excluding hydrogens is 326 g/mol. The Morgan fingerprint density at radius 1 is 1.25 bits per heavy atom. The number of amides is 2. The van der Waals surface area contributed by atoms with Gasteiger partial charge < -0.3 is 15.1 Å². The van der Waals surface area contributed by atoms with E-state index in [2.05, 4.69) is 17.4 Å². The summed E-state index contributed by atoms with van der Waals surface area (Å²) < 4.78 is 0. The monoisotopic (exact) mass is 349 g/mol. The van der Waals surface area contributed by atoms with Gasteiger partial charge in [-0.1, -0.05) is 24.3 Å². The van der Waals surface area contributed by atoms with E-state index in [0.717, 1.165) is 25.9 Å². The van der Waals surface area contributed by atoms with Crippen LogP contribution in [0.4, 0.5) is 0 Å². The van der Waals surface area contributed by atoms with E-state index < -0.39 is 0 Å². The molecule has 6 heteroatoms. The lowest BCUT2D eigenvalue weighted by atomic mass is 9.94. The summed E-state index contributed by atoms with van der Waals surface area (Å²) in [5.74, 6) is 0.190. The van der Waals surface area contributed by atoms with Crippen molar-refractivity contribution < 1.29 is 9.59 Å². The van der Waals surface area contributed by atoms with Crippen molar-refractivity contribution >= 4 is 24.2 Å². The Kier molecular flexibility index (Phi) is 4.83. The molecule has 5 nitrogen and oxygen atoms in total. The van der Waals surface area contributed by atoms with Crippen molar-refractivity contribution in [3.63, 3.8) is 0 Å². The van der Waals surface area contributed by atoms with Gasteiger partial charge in [-0.05, 0) is 37.3 Å². The molecule has 24 heavy (non-hydrogen) atoms. The highest BCUT2D eigenvalue weighted by Crippen LogP contribution is 2.27. The molecule has 0 bridgehead atoms. The highest BCUT2D eigenvalue weighted by Gasteiger charge is 2.43. The molecule has 3 atom stereocenters. The number of carbonyl (C=O) groups excluding carboxylic acids is 2. The van der Waals surface area contributed by atoms with Crippen molar-refractivity contribution in [3.05, 3.63) is 35.4 Å². The Labute approximate surface area is 148 Å². The average molecular weight is 350 g/mol. The Hall–Kier alpha value is -1.59. The van der Waals surface area contributed by atoms with Crippen molar-refractivity contribution in [1.82, 2.24) is 15.1 Å². The minimum atomic E-state index is -0.337. The van der Waals surface area contributed by atoms with Crippen LogP contribution in [-0.2, 0) is 22.6 Å². The first-order valence-electron chi connectivity index (χ1n) is 8.56. The maximum Gasteiger partial charge on any atom is 0.245 e. The van der Waals surface area contributed by atoms with Crippen LogP contribution in [-0.4, -0.2) is 52.8 Å². The fraction of sp³-hybridized carbons (Fsp3) is 0.556. The molecule has 0 spiro atoms. The molecule has 4 rings (SSSR count). The Bertz CT molecular complexity index is 651. The van der Waals surface area contributed by atoms with Crippen LogP contribution < -0.4 is 5.32 Å². The lowest BCUT2D eigenvalue weighted by molar-refractivity contribution is -0.153. The molecule has 0 unspecified atom stereocenters. The van der Waals surface area contributed by atoms with E-state index in [1.54, 1.807) is 4.90 Å². The zero-order valence-corrected chi connectivity index (χ0v) is 14.7. The van der Waals surface area contributed by atoms with Crippen molar-refractivity contribution in [3.8, 4) is 0 Å². The molecule has 0 aromatic heterocycles. The molecule has 2 fully saturated rings. The molecule has 130 valence electrons. The largest absolute Gasteiger partial charge is 0.336 e. The number of carbonyl (C=O) groups is 2. The van der Waals surface area contributed by atoms with E-state index in [0.29, 0.717) is 13.0 Å². The normalized spacial score (nSPS) is 28.9. The Morgan fingerprint density at radius 2 is 2.00 bits per heavy atom. The third kappa shape index (κ3) is 2.80. The van der Waals surface area contributed by atoms with E-state index in [1.807, 2.05) is 24.0 Å². The number of rotatable bonds is 1. The second kappa shape index (κ2) is 6.73. The van der Waals surface area contributed by atoms with Crippen molar-refractivity contribution in [2.75, 3.05) is 13.1 Å². The minimum Gasteiger partial charge on any atom is -0.336 e. The smallest absolute Gasteiger partial charge is 0.245 e. The fourth-order valence-electron chi connectivity index (χ4n) is 4.18. The van der Waals surface area contributed by atoms with Crippen LogP contribution in [0.25, 0.3) is 0 Å².